The van der Waals surface area contributed by atoms with Gasteiger partial charge in [0.2, 0.25) is 17.7 Å². The first-order valence-electron chi connectivity index (χ1n) is 7.36. The molecule has 148 valence electrons. The quantitative estimate of drug-likeness (QED) is 0.171. The van der Waals surface area contributed by atoms with E-state index in [1.165, 1.54) is 6.92 Å². The third-order valence-corrected chi connectivity index (χ3v) is 3.06. The lowest BCUT2D eigenvalue weighted by Crippen LogP contribution is -2.58. The summed E-state index contributed by atoms with van der Waals surface area (Å²) in [6, 6.07) is -4.60. The van der Waals surface area contributed by atoms with Crippen LogP contribution in [0, 0.1) is 0 Å². The lowest BCUT2D eigenvalue weighted by Gasteiger charge is -2.22. The standard InChI is InChI=1S/C13H22N4O9/c1-5(19)10(14)13(26)17-7(4-18)12(25)16-6(2-8(20)21)11(24)15-3-9(22)23/h5-7,10,18-19H,2-4,14H2,1H3,(H,15,24)(H,16,25)(H,17,26)(H,20,21)(H,22,23). The number of carboxylic acids is 2. The molecule has 13 nitrogen and oxygen atoms in total. The SMILES string of the molecule is CC(O)C(N)C(=O)NC(CO)C(=O)NC(CC(=O)O)C(=O)NCC(=O)O. The van der Waals surface area contributed by atoms with Gasteiger partial charge in [0, 0.05) is 0 Å². The second kappa shape index (κ2) is 11.0. The Morgan fingerprint density at radius 1 is 0.923 bits per heavy atom. The number of hydrogen-bond acceptors (Lipinski definition) is 8. The molecule has 4 unspecified atom stereocenters. The van der Waals surface area contributed by atoms with Crippen LogP contribution in [0.25, 0.3) is 0 Å². The summed E-state index contributed by atoms with van der Waals surface area (Å²) >= 11 is 0. The molecule has 0 aliphatic carbocycles. The van der Waals surface area contributed by atoms with E-state index < -0.39 is 73.5 Å². The lowest BCUT2D eigenvalue weighted by molar-refractivity contribution is -0.142. The van der Waals surface area contributed by atoms with E-state index in [1.807, 2.05) is 16.0 Å². The summed E-state index contributed by atoms with van der Waals surface area (Å²) in [6.07, 6.45) is -2.10. The van der Waals surface area contributed by atoms with Crippen molar-refractivity contribution in [2.24, 2.45) is 5.73 Å². The second-order valence-electron chi connectivity index (χ2n) is 5.28. The zero-order valence-electron chi connectivity index (χ0n) is 13.8. The van der Waals surface area contributed by atoms with E-state index >= 15 is 0 Å². The van der Waals surface area contributed by atoms with Gasteiger partial charge in [0.05, 0.1) is 19.1 Å². The maximum atomic E-state index is 12.1. The summed E-state index contributed by atoms with van der Waals surface area (Å²) in [4.78, 5) is 56.8. The molecule has 0 aromatic heterocycles. The minimum atomic E-state index is -1.64. The lowest BCUT2D eigenvalue weighted by atomic mass is 10.1. The first kappa shape index (κ1) is 23.2. The predicted molar refractivity (Wildman–Crippen MR) is 83.5 cm³/mol. The van der Waals surface area contributed by atoms with Crippen LogP contribution in [0.3, 0.4) is 0 Å². The van der Waals surface area contributed by atoms with Crippen molar-refractivity contribution in [3.05, 3.63) is 0 Å². The second-order valence-corrected chi connectivity index (χ2v) is 5.28. The van der Waals surface area contributed by atoms with Gasteiger partial charge in [0.15, 0.2) is 0 Å². The molecule has 0 saturated carbocycles. The van der Waals surface area contributed by atoms with Crippen molar-refractivity contribution in [3.8, 4) is 0 Å². The van der Waals surface area contributed by atoms with Gasteiger partial charge in [0.25, 0.3) is 0 Å². The van der Waals surface area contributed by atoms with Gasteiger partial charge in [-0.1, -0.05) is 0 Å². The van der Waals surface area contributed by atoms with Gasteiger partial charge in [-0.05, 0) is 6.92 Å². The average Bonchev–Trinajstić information content (AvgIpc) is 2.54. The molecular weight excluding hydrogens is 356 g/mol. The van der Waals surface area contributed by atoms with E-state index in [0.29, 0.717) is 0 Å². The van der Waals surface area contributed by atoms with Crippen LogP contribution in [0.5, 0.6) is 0 Å². The maximum Gasteiger partial charge on any atom is 0.322 e. The van der Waals surface area contributed by atoms with E-state index in [2.05, 4.69) is 0 Å². The van der Waals surface area contributed by atoms with E-state index in [4.69, 9.17) is 15.9 Å². The van der Waals surface area contributed by atoms with E-state index in [-0.39, 0.29) is 0 Å². The van der Waals surface area contributed by atoms with Gasteiger partial charge in [-0.15, -0.1) is 0 Å². The van der Waals surface area contributed by atoms with Gasteiger partial charge in [0.1, 0.15) is 24.7 Å². The number of aliphatic hydroxyl groups excluding tert-OH is 2. The number of carbonyl (C=O) groups excluding carboxylic acids is 3. The van der Waals surface area contributed by atoms with Gasteiger partial charge in [-0.25, -0.2) is 0 Å². The zero-order chi connectivity index (χ0) is 20.4. The first-order chi connectivity index (χ1) is 12.0. The number of amides is 3. The van der Waals surface area contributed by atoms with Crippen molar-refractivity contribution in [2.45, 2.75) is 37.6 Å². The molecule has 0 bridgehead atoms. The Morgan fingerprint density at radius 2 is 1.46 bits per heavy atom. The van der Waals surface area contributed by atoms with Crippen LogP contribution in [-0.2, 0) is 24.0 Å². The fourth-order valence-corrected chi connectivity index (χ4v) is 1.62. The molecular formula is C13H22N4O9. The van der Waals surface area contributed by atoms with Gasteiger partial charge >= 0.3 is 11.9 Å². The molecule has 0 aliphatic heterocycles. The molecule has 26 heavy (non-hydrogen) atoms. The minimum Gasteiger partial charge on any atom is -0.481 e. The summed E-state index contributed by atoms with van der Waals surface area (Å²) in [5, 5.41) is 41.6. The van der Waals surface area contributed by atoms with Crippen molar-refractivity contribution in [3.63, 3.8) is 0 Å². The van der Waals surface area contributed by atoms with Crippen molar-refractivity contribution >= 4 is 29.7 Å². The number of hydrogen-bond donors (Lipinski definition) is 8. The third kappa shape index (κ3) is 8.36. The zero-order valence-corrected chi connectivity index (χ0v) is 13.8. The smallest absolute Gasteiger partial charge is 0.322 e. The van der Waals surface area contributed by atoms with Crippen LogP contribution in [0.4, 0.5) is 0 Å². The number of nitrogens with one attached hydrogen (secondary N) is 3. The molecule has 0 saturated heterocycles. The Labute approximate surface area is 147 Å². The molecule has 0 radical (unpaired) electrons. The fourth-order valence-electron chi connectivity index (χ4n) is 1.62. The van der Waals surface area contributed by atoms with Crippen LogP contribution in [0.1, 0.15) is 13.3 Å². The molecule has 0 spiro atoms. The minimum absolute atomic E-state index is 0.797. The number of aliphatic hydroxyl groups is 2. The average molecular weight is 378 g/mol. The number of aliphatic carboxylic acids is 2. The predicted octanol–water partition coefficient (Wildman–Crippen LogP) is -4.67. The van der Waals surface area contributed by atoms with Crippen molar-refractivity contribution in [1.82, 2.24) is 16.0 Å². The van der Waals surface area contributed by atoms with Crippen molar-refractivity contribution < 1.29 is 44.4 Å². The Balaban J connectivity index is 5.01. The molecule has 0 rings (SSSR count). The molecule has 9 N–H and O–H groups in total. The Bertz CT molecular complexity index is 552. The highest BCUT2D eigenvalue weighted by molar-refractivity contribution is 5.95. The summed E-state index contributed by atoms with van der Waals surface area (Å²) in [5.41, 5.74) is 5.37. The largest absolute Gasteiger partial charge is 0.481 e. The highest BCUT2D eigenvalue weighted by Gasteiger charge is 2.30. The molecule has 0 fully saturated rings. The monoisotopic (exact) mass is 378 g/mol. The van der Waals surface area contributed by atoms with E-state index in [1.54, 1.807) is 0 Å². The number of carbonyl (C=O) groups is 5. The molecule has 3 amide bonds. The molecule has 0 aliphatic rings. The fraction of sp³-hybridized carbons (Fsp3) is 0.615. The maximum absolute atomic E-state index is 12.1. The van der Waals surface area contributed by atoms with Crippen LogP contribution < -0.4 is 21.7 Å². The normalized spacial score (nSPS) is 15.1. The summed E-state index contributed by atoms with van der Waals surface area (Å²) in [6.45, 7) is -0.469. The molecule has 0 aromatic carbocycles. The van der Waals surface area contributed by atoms with Crippen LogP contribution in [0.2, 0.25) is 0 Å². The Kier molecular flexibility index (Phi) is 9.80. The van der Waals surface area contributed by atoms with Gasteiger partial charge in [-0.3, -0.25) is 24.0 Å². The Hall–Kier alpha value is -2.77. The highest BCUT2D eigenvalue weighted by atomic mass is 16.4. The highest BCUT2D eigenvalue weighted by Crippen LogP contribution is 1.97. The first-order valence-corrected chi connectivity index (χ1v) is 7.36. The topological polar surface area (TPSA) is 228 Å². The van der Waals surface area contributed by atoms with Gasteiger partial charge in [-0.2, -0.15) is 0 Å². The van der Waals surface area contributed by atoms with Crippen molar-refractivity contribution in [1.29, 1.82) is 0 Å². The van der Waals surface area contributed by atoms with Crippen LogP contribution in [0.15, 0.2) is 0 Å². The summed E-state index contributed by atoms with van der Waals surface area (Å²) in [7, 11) is 0. The number of rotatable bonds is 11. The molecule has 4 atom stereocenters. The molecule has 0 aromatic rings. The van der Waals surface area contributed by atoms with Crippen LogP contribution in [-0.4, -0.2) is 87.5 Å². The van der Waals surface area contributed by atoms with Gasteiger partial charge < -0.3 is 42.1 Å². The van der Waals surface area contributed by atoms with E-state index in [9.17, 15) is 34.2 Å². The summed E-state index contributed by atoms with van der Waals surface area (Å²) in [5.74, 6) is -5.98. The number of carboxylic acid groups (broad SMARTS) is 2. The van der Waals surface area contributed by atoms with Crippen molar-refractivity contribution in [2.75, 3.05) is 13.2 Å². The Morgan fingerprint density at radius 3 is 1.88 bits per heavy atom. The van der Waals surface area contributed by atoms with Crippen LogP contribution >= 0.6 is 0 Å². The summed E-state index contributed by atoms with van der Waals surface area (Å²) < 4.78 is 0. The molecule has 13 heteroatoms. The molecule has 0 heterocycles. The number of nitrogens with two attached hydrogens (primary N) is 1. The third-order valence-electron chi connectivity index (χ3n) is 3.06. The van der Waals surface area contributed by atoms with E-state index in [0.717, 1.165) is 0 Å².